The lowest BCUT2D eigenvalue weighted by Gasteiger charge is -2.17. The lowest BCUT2D eigenvalue weighted by Crippen LogP contribution is -1.90. The highest BCUT2D eigenvalue weighted by atomic mass is 16.3. The lowest BCUT2D eigenvalue weighted by atomic mass is 9.86. The molecule has 1 aromatic heterocycles. The first-order valence-electron chi connectivity index (χ1n) is 16.3. The molecular formula is C46H26O. The van der Waals surface area contributed by atoms with Gasteiger partial charge in [0.05, 0.1) is 0 Å². The third-order valence-electron chi connectivity index (χ3n) is 10.4. The summed E-state index contributed by atoms with van der Waals surface area (Å²) in [4.78, 5) is 0. The summed E-state index contributed by atoms with van der Waals surface area (Å²) in [5, 5.41) is 17.7. The first-order chi connectivity index (χ1) is 23.3. The van der Waals surface area contributed by atoms with Crippen molar-refractivity contribution in [1.29, 1.82) is 0 Å². The number of rotatable bonds is 2. The van der Waals surface area contributed by atoms with Gasteiger partial charge in [0.1, 0.15) is 11.2 Å². The largest absolute Gasteiger partial charge is 0.456 e. The molecule has 1 heteroatoms. The summed E-state index contributed by atoms with van der Waals surface area (Å²) >= 11 is 0. The fourth-order valence-corrected chi connectivity index (χ4v) is 8.26. The van der Waals surface area contributed by atoms with Crippen molar-refractivity contribution in [1.82, 2.24) is 0 Å². The fraction of sp³-hybridized carbons (Fsp3) is 0. The Morgan fingerprint density at radius 2 is 0.809 bits per heavy atom. The molecule has 0 bridgehead atoms. The molecule has 216 valence electrons. The van der Waals surface area contributed by atoms with Crippen molar-refractivity contribution in [3.63, 3.8) is 0 Å². The van der Waals surface area contributed by atoms with Gasteiger partial charge in [-0.3, -0.25) is 0 Å². The van der Waals surface area contributed by atoms with Gasteiger partial charge in [-0.25, -0.2) is 0 Å². The zero-order valence-electron chi connectivity index (χ0n) is 25.4. The van der Waals surface area contributed by atoms with Gasteiger partial charge >= 0.3 is 0 Å². The van der Waals surface area contributed by atoms with E-state index in [2.05, 4.69) is 152 Å². The molecule has 0 unspecified atom stereocenters. The minimum absolute atomic E-state index is 0.929. The predicted molar refractivity (Wildman–Crippen MR) is 201 cm³/mol. The van der Waals surface area contributed by atoms with Gasteiger partial charge in [-0.05, 0) is 111 Å². The summed E-state index contributed by atoms with van der Waals surface area (Å²) in [6.45, 7) is 0. The first-order valence-corrected chi connectivity index (χ1v) is 16.3. The topological polar surface area (TPSA) is 13.1 Å². The average Bonchev–Trinajstić information content (AvgIpc) is 3.51. The zero-order valence-corrected chi connectivity index (χ0v) is 25.4. The fourth-order valence-electron chi connectivity index (χ4n) is 8.26. The summed E-state index contributed by atoms with van der Waals surface area (Å²) in [5.74, 6) is 0. The van der Waals surface area contributed by atoms with Gasteiger partial charge in [-0.15, -0.1) is 0 Å². The van der Waals surface area contributed by atoms with Crippen LogP contribution in [0.5, 0.6) is 0 Å². The molecule has 11 aromatic rings. The first kappa shape index (κ1) is 25.1. The van der Waals surface area contributed by atoms with Crippen LogP contribution in [-0.4, -0.2) is 0 Å². The van der Waals surface area contributed by atoms with E-state index in [1.807, 2.05) is 6.07 Å². The van der Waals surface area contributed by atoms with Gasteiger partial charge in [0.25, 0.3) is 0 Å². The summed E-state index contributed by atoms with van der Waals surface area (Å²) in [5.41, 5.74) is 6.88. The van der Waals surface area contributed by atoms with Crippen LogP contribution in [-0.2, 0) is 0 Å². The number of para-hydroxylation sites is 1. The van der Waals surface area contributed by atoms with Crippen LogP contribution in [0, 0.1) is 0 Å². The van der Waals surface area contributed by atoms with Crippen LogP contribution in [0.25, 0.3) is 109 Å². The van der Waals surface area contributed by atoms with Crippen LogP contribution < -0.4 is 0 Å². The minimum Gasteiger partial charge on any atom is -0.456 e. The summed E-state index contributed by atoms with van der Waals surface area (Å²) in [6, 6.07) is 57.9. The van der Waals surface area contributed by atoms with E-state index in [1.165, 1.54) is 92.3 Å². The second-order valence-electron chi connectivity index (χ2n) is 12.8. The number of furan rings is 1. The molecule has 0 fully saturated rings. The quantitative estimate of drug-likeness (QED) is 0.182. The van der Waals surface area contributed by atoms with E-state index in [9.17, 15) is 0 Å². The van der Waals surface area contributed by atoms with Crippen LogP contribution >= 0.6 is 0 Å². The number of hydrogen-bond acceptors (Lipinski definition) is 1. The summed E-state index contributed by atoms with van der Waals surface area (Å²) < 4.78 is 6.36. The monoisotopic (exact) mass is 594 g/mol. The van der Waals surface area contributed by atoms with Gasteiger partial charge in [0.15, 0.2) is 0 Å². The molecule has 10 aromatic carbocycles. The van der Waals surface area contributed by atoms with Gasteiger partial charge in [0, 0.05) is 10.8 Å². The number of benzene rings is 10. The van der Waals surface area contributed by atoms with E-state index in [0.717, 1.165) is 16.6 Å². The van der Waals surface area contributed by atoms with E-state index in [1.54, 1.807) is 0 Å². The Hall–Kier alpha value is -6.18. The molecule has 47 heavy (non-hydrogen) atoms. The van der Waals surface area contributed by atoms with Gasteiger partial charge in [-0.1, -0.05) is 133 Å². The Bertz CT molecular complexity index is 3050. The maximum Gasteiger partial charge on any atom is 0.136 e. The lowest BCUT2D eigenvalue weighted by molar-refractivity contribution is 0.669. The Labute approximate surface area is 270 Å². The van der Waals surface area contributed by atoms with Crippen molar-refractivity contribution in [2.24, 2.45) is 0 Å². The van der Waals surface area contributed by atoms with Crippen LogP contribution in [0.2, 0.25) is 0 Å². The highest BCUT2D eigenvalue weighted by Crippen LogP contribution is 2.45. The van der Waals surface area contributed by atoms with Crippen molar-refractivity contribution in [2.45, 2.75) is 0 Å². The highest BCUT2D eigenvalue weighted by molar-refractivity contribution is 6.30. The maximum absolute atomic E-state index is 6.36. The number of fused-ring (bicyclic) bond motifs is 9. The van der Waals surface area contributed by atoms with E-state index in [-0.39, 0.29) is 0 Å². The van der Waals surface area contributed by atoms with Crippen molar-refractivity contribution in [3.8, 4) is 22.3 Å². The molecule has 0 radical (unpaired) electrons. The minimum atomic E-state index is 0.929. The Kier molecular flexibility index (Phi) is 4.90. The molecular weight excluding hydrogens is 569 g/mol. The van der Waals surface area contributed by atoms with Crippen LogP contribution in [0.3, 0.4) is 0 Å². The molecule has 1 nitrogen and oxygen atoms in total. The summed E-state index contributed by atoms with van der Waals surface area (Å²) in [7, 11) is 0. The Morgan fingerprint density at radius 3 is 1.53 bits per heavy atom. The molecule has 0 atom stereocenters. The smallest absolute Gasteiger partial charge is 0.136 e. The molecule has 0 aliphatic heterocycles. The third kappa shape index (κ3) is 3.43. The molecule has 0 spiro atoms. The highest BCUT2D eigenvalue weighted by Gasteiger charge is 2.17. The maximum atomic E-state index is 6.36. The van der Waals surface area contributed by atoms with Crippen molar-refractivity contribution in [3.05, 3.63) is 158 Å². The molecule has 0 aliphatic carbocycles. The van der Waals surface area contributed by atoms with E-state index in [4.69, 9.17) is 4.42 Å². The molecule has 0 saturated heterocycles. The van der Waals surface area contributed by atoms with Crippen molar-refractivity contribution >= 4 is 86.6 Å². The molecule has 0 aliphatic rings. The van der Waals surface area contributed by atoms with Gasteiger partial charge in [-0.2, -0.15) is 0 Å². The number of hydrogen-bond donors (Lipinski definition) is 0. The molecule has 0 amide bonds. The van der Waals surface area contributed by atoms with Crippen LogP contribution in [0.15, 0.2) is 162 Å². The zero-order chi connectivity index (χ0) is 30.6. The van der Waals surface area contributed by atoms with Crippen molar-refractivity contribution < 1.29 is 4.42 Å². The van der Waals surface area contributed by atoms with Gasteiger partial charge < -0.3 is 4.42 Å². The van der Waals surface area contributed by atoms with Crippen LogP contribution in [0.4, 0.5) is 0 Å². The molecule has 1 heterocycles. The Balaban J connectivity index is 1.20. The standard InChI is InChI=1S/C46H26O/c1-2-8-27(9-3-1)31-19-16-28-14-15-29-17-20-32(38-23-22-37(31)45(28)46(29)38)30-18-21-35-39(24-30)33-10-4-5-11-34(33)40-25-42-36-12-6-7-13-43(36)47-44(42)26-41(35)40/h1-26H. The average molecular weight is 595 g/mol. The molecule has 0 saturated carbocycles. The van der Waals surface area contributed by atoms with E-state index < -0.39 is 0 Å². The third-order valence-corrected chi connectivity index (χ3v) is 10.4. The normalized spacial score (nSPS) is 12.3. The second kappa shape index (κ2) is 9.19. The van der Waals surface area contributed by atoms with E-state index >= 15 is 0 Å². The molecule has 0 N–H and O–H groups in total. The SMILES string of the molecule is c1ccc(-c2ccc3ccc4ccc(-c5ccc6c(c5)c5ccccc5c5cc7c(cc65)oc5ccccc57)c5ccc2c3c45)cc1. The second-order valence-corrected chi connectivity index (χ2v) is 12.8. The van der Waals surface area contributed by atoms with Gasteiger partial charge in [0.2, 0.25) is 0 Å². The van der Waals surface area contributed by atoms with Crippen molar-refractivity contribution in [2.75, 3.05) is 0 Å². The van der Waals surface area contributed by atoms with E-state index in [0.29, 0.717) is 0 Å². The molecule has 11 rings (SSSR count). The van der Waals surface area contributed by atoms with Crippen LogP contribution in [0.1, 0.15) is 0 Å². The Morgan fingerprint density at radius 1 is 0.277 bits per heavy atom. The predicted octanol–water partition coefficient (Wildman–Crippen LogP) is 13.3. The summed E-state index contributed by atoms with van der Waals surface area (Å²) in [6.07, 6.45) is 0.